The lowest BCUT2D eigenvalue weighted by molar-refractivity contribution is -0.0205. The van der Waals surface area contributed by atoms with E-state index in [1.165, 1.54) is 18.5 Å². The fourth-order valence-electron chi connectivity index (χ4n) is 2.42. The molecule has 1 saturated carbocycles. The second-order valence-electron chi connectivity index (χ2n) is 6.55. The van der Waals surface area contributed by atoms with Gasteiger partial charge in [-0.1, -0.05) is 13.8 Å². The number of halogens is 1. The molecular weight excluding hydrogens is 356 g/mol. The van der Waals surface area contributed by atoms with Crippen LogP contribution in [0.2, 0.25) is 0 Å². The normalized spacial score (nSPS) is 21.1. The third-order valence-corrected chi connectivity index (χ3v) is 5.92. The van der Waals surface area contributed by atoms with Crippen LogP contribution in [0.3, 0.4) is 0 Å². The van der Waals surface area contributed by atoms with Gasteiger partial charge >= 0.3 is 0 Å². The minimum absolute atomic E-state index is 0.0396. The number of aliphatic hydroxyl groups is 1. The monoisotopic (exact) mass is 376 g/mol. The van der Waals surface area contributed by atoms with Gasteiger partial charge in [0.25, 0.3) is 0 Å². The molecule has 21 heavy (non-hydrogen) atoms. The van der Waals surface area contributed by atoms with Crippen LogP contribution in [0.4, 0.5) is 0 Å². The Kier molecular flexibility index (Phi) is 4.78. The van der Waals surface area contributed by atoms with E-state index in [4.69, 9.17) is 0 Å². The summed E-state index contributed by atoms with van der Waals surface area (Å²) in [5, 5.41) is 10.5. The number of pyridine rings is 1. The zero-order chi connectivity index (χ0) is 15.7. The molecule has 1 fully saturated rings. The minimum atomic E-state index is -3.65. The molecule has 0 bridgehead atoms. The summed E-state index contributed by atoms with van der Waals surface area (Å²) in [6, 6.07) is 1.49. The van der Waals surface area contributed by atoms with Crippen molar-refractivity contribution in [3.8, 4) is 0 Å². The maximum absolute atomic E-state index is 12.2. The first-order chi connectivity index (χ1) is 9.62. The first-order valence-electron chi connectivity index (χ1n) is 6.95. The maximum Gasteiger partial charge on any atom is 0.242 e. The van der Waals surface area contributed by atoms with Crippen LogP contribution < -0.4 is 4.72 Å². The molecule has 1 aliphatic carbocycles. The first-order valence-corrected chi connectivity index (χ1v) is 9.22. The molecule has 2 N–H and O–H groups in total. The Morgan fingerprint density at radius 1 is 1.29 bits per heavy atom. The lowest BCUT2D eigenvalue weighted by atomic mass is 9.71. The summed E-state index contributed by atoms with van der Waals surface area (Å²) in [6.45, 7) is 4.38. The van der Waals surface area contributed by atoms with E-state index in [1.54, 1.807) is 0 Å². The predicted octanol–water partition coefficient (Wildman–Crippen LogP) is 2.45. The molecule has 0 aliphatic heterocycles. The summed E-state index contributed by atoms with van der Waals surface area (Å²) in [4.78, 5) is 3.95. The van der Waals surface area contributed by atoms with Crippen LogP contribution in [0.1, 0.15) is 39.5 Å². The summed E-state index contributed by atoms with van der Waals surface area (Å²) in [6.07, 6.45) is 5.82. The van der Waals surface area contributed by atoms with Crippen LogP contribution in [0.25, 0.3) is 0 Å². The zero-order valence-corrected chi connectivity index (χ0v) is 14.7. The molecule has 0 radical (unpaired) electrons. The largest absolute Gasteiger partial charge is 0.389 e. The van der Waals surface area contributed by atoms with Gasteiger partial charge in [-0.05, 0) is 53.1 Å². The Morgan fingerprint density at radius 2 is 1.90 bits per heavy atom. The fraction of sp³-hybridized carbons (Fsp3) is 0.643. The van der Waals surface area contributed by atoms with Gasteiger partial charge in [-0.3, -0.25) is 4.98 Å². The van der Waals surface area contributed by atoms with E-state index in [0.29, 0.717) is 17.3 Å². The molecule has 0 saturated heterocycles. The molecular formula is C14H21BrN2O3S. The van der Waals surface area contributed by atoms with Crippen molar-refractivity contribution < 1.29 is 13.5 Å². The highest BCUT2D eigenvalue weighted by Crippen LogP contribution is 2.39. The van der Waals surface area contributed by atoms with Gasteiger partial charge < -0.3 is 5.11 Å². The number of aromatic nitrogens is 1. The smallest absolute Gasteiger partial charge is 0.242 e. The number of hydrogen-bond acceptors (Lipinski definition) is 4. The highest BCUT2D eigenvalue weighted by atomic mass is 79.9. The maximum atomic E-state index is 12.2. The zero-order valence-electron chi connectivity index (χ0n) is 12.3. The van der Waals surface area contributed by atoms with Crippen molar-refractivity contribution in [2.24, 2.45) is 5.41 Å². The average molecular weight is 377 g/mol. The third kappa shape index (κ3) is 4.48. The average Bonchev–Trinajstić information content (AvgIpc) is 2.41. The van der Waals surface area contributed by atoms with Crippen molar-refractivity contribution in [2.75, 3.05) is 6.54 Å². The Hall–Kier alpha value is -0.500. The molecule has 0 unspecified atom stereocenters. The Morgan fingerprint density at radius 3 is 2.48 bits per heavy atom. The van der Waals surface area contributed by atoms with Crippen molar-refractivity contribution >= 4 is 26.0 Å². The van der Waals surface area contributed by atoms with Crippen LogP contribution in [0, 0.1) is 5.41 Å². The topological polar surface area (TPSA) is 79.3 Å². The second kappa shape index (κ2) is 5.95. The lowest BCUT2D eigenvalue weighted by Gasteiger charge is -2.40. The van der Waals surface area contributed by atoms with E-state index in [-0.39, 0.29) is 16.9 Å². The van der Waals surface area contributed by atoms with Crippen LogP contribution in [0.5, 0.6) is 0 Å². The first kappa shape index (κ1) is 16.9. The summed E-state index contributed by atoms with van der Waals surface area (Å²) in [5.41, 5.74) is -0.735. The van der Waals surface area contributed by atoms with Gasteiger partial charge in [0.2, 0.25) is 10.0 Å². The summed E-state index contributed by atoms with van der Waals surface area (Å²) in [5.74, 6) is 0. The lowest BCUT2D eigenvalue weighted by Crippen LogP contribution is -2.46. The van der Waals surface area contributed by atoms with Gasteiger partial charge in [0.15, 0.2) is 0 Å². The summed E-state index contributed by atoms with van der Waals surface area (Å²) < 4.78 is 27.5. The molecule has 1 heterocycles. The Labute approximate surface area is 134 Å². The minimum Gasteiger partial charge on any atom is -0.389 e. The van der Waals surface area contributed by atoms with E-state index in [9.17, 15) is 13.5 Å². The molecule has 0 spiro atoms. The Balaban J connectivity index is 2.02. The number of nitrogens with zero attached hydrogens (tertiary/aromatic N) is 1. The van der Waals surface area contributed by atoms with Gasteiger partial charge in [-0.2, -0.15) is 0 Å². The van der Waals surface area contributed by atoms with Crippen LogP contribution in [-0.2, 0) is 10.0 Å². The van der Waals surface area contributed by atoms with Gasteiger partial charge in [-0.15, -0.1) is 0 Å². The van der Waals surface area contributed by atoms with E-state index in [2.05, 4.69) is 39.5 Å². The molecule has 1 aliphatic rings. The van der Waals surface area contributed by atoms with Gasteiger partial charge in [0.05, 0.1) is 5.60 Å². The molecule has 1 aromatic heterocycles. The highest BCUT2D eigenvalue weighted by Gasteiger charge is 2.37. The van der Waals surface area contributed by atoms with E-state index >= 15 is 0 Å². The number of sulfonamides is 1. The van der Waals surface area contributed by atoms with Crippen molar-refractivity contribution in [1.82, 2.24) is 9.71 Å². The predicted molar refractivity (Wildman–Crippen MR) is 84.3 cm³/mol. The summed E-state index contributed by atoms with van der Waals surface area (Å²) >= 11 is 3.20. The highest BCUT2D eigenvalue weighted by molar-refractivity contribution is 9.10. The molecule has 7 heteroatoms. The number of rotatable bonds is 4. The molecule has 118 valence electrons. The standard InChI is InChI=1S/C14H21BrN2O3S/c1-13(2)3-5-14(18,6-4-13)10-17-21(19,20)12-7-11(15)8-16-9-12/h7-9,17-18H,3-6,10H2,1-2H3. The molecule has 0 aromatic carbocycles. The second-order valence-corrected chi connectivity index (χ2v) is 9.23. The Bertz CT molecular complexity index is 606. The molecule has 2 rings (SSSR count). The van der Waals surface area contributed by atoms with Crippen molar-refractivity contribution in [3.05, 3.63) is 22.9 Å². The SMILES string of the molecule is CC1(C)CCC(O)(CNS(=O)(=O)c2cncc(Br)c2)CC1. The van der Waals surface area contributed by atoms with Gasteiger partial charge in [-0.25, -0.2) is 13.1 Å². The van der Waals surface area contributed by atoms with Crippen molar-refractivity contribution in [3.63, 3.8) is 0 Å². The molecule has 0 amide bonds. The summed E-state index contributed by atoms with van der Waals surface area (Å²) in [7, 11) is -3.65. The van der Waals surface area contributed by atoms with Crippen molar-refractivity contribution in [2.45, 2.75) is 50.0 Å². The van der Waals surface area contributed by atoms with E-state index in [1.807, 2.05) is 0 Å². The molecule has 0 atom stereocenters. The third-order valence-electron chi connectivity index (χ3n) is 4.12. The van der Waals surface area contributed by atoms with Crippen molar-refractivity contribution in [1.29, 1.82) is 0 Å². The van der Waals surface area contributed by atoms with Crippen LogP contribution >= 0.6 is 15.9 Å². The molecule has 1 aromatic rings. The number of hydrogen-bond donors (Lipinski definition) is 2. The quantitative estimate of drug-likeness (QED) is 0.845. The van der Waals surface area contributed by atoms with E-state index in [0.717, 1.165) is 12.8 Å². The molecule has 5 nitrogen and oxygen atoms in total. The van der Waals surface area contributed by atoms with Crippen LogP contribution in [0.15, 0.2) is 27.8 Å². The van der Waals surface area contributed by atoms with E-state index < -0.39 is 15.6 Å². The fourth-order valence-corrected chi connectivity index (χ4v) is 4.04. The van der Waals surface area contributed by atoms with Crippen LogP contribution in [-0.4, -0.2) is 30.7 Å². The van der Waals surface area contributed by atoms with Gasteiger partial charge in [0.1, 0.15) is 4.90 Å². The van der Waals surface area contributed by atoms with Gasteiger partial charge in [0, 0.05) is 23.4 Å². The number of nitrogens with one attached hydrogen (secondary N) is 1.